The molecule has 0 fully saturated rings. The predicted molar refractivity (Wildman–Crippen MR) is 71.8 cm³/mol. The first-order valence-electron chi connectivity index (χ1n) is 5.96. The molecule has 0 bridgehead atoms. The number of imidazole rings is 1. The monoisotopic (exact) mass is 278 g/mol. The van der Waals surface area contributed by atoms with E-state index >= 15 is 0 Å². The molecule has 0 spiro atoms. The van der Waals surface area contributed by atoms with Crippen LogP contribution in [0.2, 0.25) is 0 Å². The summed E-state index contributed by atoms with van der Waals surface area (Å²) in [5.74, 6) is 0.443. The van der Waals surface area contributed by atoms with Gasteiger partial charge in [0.1, 0.15) is 11.6 Å². The zero-order valence-electron chi connectivity index (χ0n) is 10.3. The van der Waals surface area contributed by atoms with E-state index in [1.54, 1.807) is 18.6 Å². The molecule has 3 aromatic rings. The van der Waals surface area contributed by atoms with E-state index in [0.29, 0.717) is 6.54 Å². The molecule has 3 nitrogen and oxygen atoms in total. The van der Waals surface area contributed by atoms with Gasteiger partial charge in [0.2, 0.25) is 0 Å². The van der Waals surface area contributed by atoms with Gasteiger partial charge < -0.3 is 8.98 Å². The summed E-state index contributed by atoms with van der Waals surface area (Å²) in [6.07, 6.45) is 3.27. The number of hydrogen-bond acceptors (Lipinski definition) is 2. The Kier molecular flexibility index (Phi) is 3.03. The Morgan fingerprint density at radius 2 is 2.26 bits per heavy atom. The van der Waals surface area contributed by atoms with Crippen LogP contribution in [0.4, 0.5) is 4.39 Å². The first-order valence-corrected chi connectivity index (χ1v) is 6.39. The number of fused-ring (bicyclic) bond motifs is 1. The molecule has 1 aromatic carbocycles. The molecule has 1 atom stereocenters. The van der Waals surface area contributed by atoms with E-state index in [-0.39, 0.29) is 11.2 Å². The highest BCUT2D eigenvalue weighted by Gasteiger charge is 2.16. The minimum Gasteiger partial charge on any atom is -0.472 e. The van der Waals surface area contributed by atoms with Gasteiger partial charge in [0.05, 0.1) is 35.5 Å². The average molecular weight is 279 g/mol. The lowest BCUT2D eigenvalue weighted by molar-refractivity contribution is 0.562. The van der Waals surface area contributed by atoms with Crippen LogP contribution in [-0.2, 0) is 6.54 Å². The molecular weight excluding hydrogens is 267 g/mol. The standard InChI is InChI=1S/C14H12ClFN2O/c1-9(15)14-17-12-3-2-11(16)6-13(12)18(14)7-10-4-5-19-8-10/h2-6,8-9H,7H2,1H3. The fraction of sp³-hybridized carbons (Fsp3) is 0.214. The van der Waals surface area contributed by atoms with E-state index < -0.39 is 0 Å². The minimum atomic E-state index is -0.283. The lowest BCUT2D eigenvalue weighted by Crippen LogP contribution is -2.05. The summed E-state index contributed by atoms with van der Waals surface area (Å²) in [7, 11) is 0. The van der Waals surface area contributed by atoms with Crippen LogP contribution in [0.3, 0.4) is 0 Å². The third-order valence-electron chi connectivity index (χ3n) is 3.02. The Morgan fingerprint density at radius 3 is 2.95 bits per heavy atom. The molecule has 2 aromatic heterocycles. The number of rotatable bonds is 3. The molecular formula is C14H12ClFN2O. The van der Waals surface area contributed by atoms with E-state index in [2.05, 4.69) is 4.98 Å². The third-order valence-corrected chi connectivity index (χ3v) is 3.21. The van der Waals surface area contributed by atoms with Crippen molar-refractivity contribution in [2.75, 3.05) is 0 Å². The molecule has 0 aliphatic heterocycles. The number of halogens is 2. The summed E-state index contributed by atoms with van der Waals surface area (Å²) in [5, 5.41) is -0.248. The van der Waals surface area contributed by atoms with Crippen LogP contribution >= 0.6 is 11.6 Å². The van der Waals surface area contributed by atoms with Crippen molar-refractivity contribution in [2.45, 2.75) is 18.8 Å². The average Bonchev–Trinajstić information content (AvgIpc) is 2.98. The number of furan rings is 1. The van der Waals surface area contributed by atoms with Crippen LogP contribution in [0.5, 0.6) is 0 Å². The molecule has 19 heavy (non-hydrogen) atoms. The normalized spacial score (nSPS) is 13.0. The second-order valence-electron chi connectivity index (χ2n) is 4.44. The highest BCUT2D eigenvalue weighted by Crippen LogP contribution is 2.26. The molecule has 1 unspecified atom stereocenters. The van der Waals surface area contributed by atoms with Gasteiger partial charge in [-0.25, -0.2) is 9.37 Å². The topological polar surface area (TPSA) is 31.0 Å². The van der Waals surface area contributed by atoms with E-state index in [1.807, 2.05) is 17.6 Å². The van der Waals surface area contributed by atoms with Crippen molar-refractivity contribution in [1.82, 2.24) is 9.55 Å². The van der Waals surface area contributed by atoms with Gasteiger partial charge >= 0.3 is 0 Å². The van der Waals surface area contributed by atoms with E-state index in [9.17, 15) is 4.39 Å². The van der Waals surface area contributed by atoms with Gasteiger partial charge in [0, 0.05) is 5.56 Å². The molecule has 5 heteroatoms. The van der Waals surface area contributed by atoms with Crippen LogP contribution in [0.1, 0.15) is 23.7 Å². The molecule has 0 saturated carbocycles. The van der Waals surface area contributed by atoms with Gasteiger partial charge in [0.25, 0.3) is 0 Å². The largest absolute Gasteiger partial charge is 0.472 e. The smallest absolute Gasteiger partial charge is 0.128 e. The van der Waals surface area contributed by atoms with Gasteiger partial charge in [-0.3, -0.25) is 0 Å². The minimum absolute atomic E-state index is 0.248. The Morgan fingerprint density at radius 1 is 1.42 bits per heavy atom. The van der Waals surface area contributed by atoms with Crippen molar-refractivity contribution in [2.24, 2.45) is 0 Å². The summed E-state index contributed by atoms with van der Waals surface area (Å²) in [6, 6.07) is 6.42. The van der Waals surface area contributed by atoms with Crippen LogP contribution in [0.25, 0.3) is 11.0 Å². The van der Waals surface area contributed by atoms with Crippen molar-refractivity contribution in [3.8, 4) is 0 Å². The molecule has 2 heterocycles. The second-order valence-corrected chi connectivity index (χ2v) is 5.09. The number of hydrogen-bond donors (Lipinski definition) is 0. The third kappa shape index (κ3) is 2.24. The Hall–Kier alpha value is -1.81. The Balaban J connectivity index is 2.18. The van der Waals surface area contributed by atoms with Gasteiger partial charge in [-0.2, -0.15) is 0 Å². The number of aromatic nitrogens is 2. The van der Waals surface area contributed by atoms with E-state index in [1.165, 1.54) is 12.1 Å². The van der Waals surface area contributed by atoms with Crippen molar-refractivity contribution in [3.63, 3.8) is 0 Å². The molecule has 98 valence electrons. The van der Waals surface area contributed by atoms with Crippen molar-refractivity contribution < 1.29 is 8.81 Å². The SMILES string of the molecule is CC(Cl)c1nc2ccc(F)cc2n1Cc1ccoc1. The lowest BCUT2D eigenvalue weighted by Gasteiger charge is -2.09. The molecule has 0 aliphatic carbocycles. The zero-order valence-corrected chi connectivity index (χ0v) is 11.1. The zero-order chi connectivity index (χ0) is 13.4. The van der Waals surface area contributed by atoms with Crippen LogP contribution < -0.4 is 0 Å². The summed E-state index contributed by atoms with van der Waals surface area (Å²) in [4.78, 5) is 4.47. The van der Waals surface area contributed by atoms with Crippen LogP contribution in [-0.4, -0.2) is 9.55 Å². The summed E-state index contributed by atoms with van der Waals surface area (Å²) in [6.45, 7) is 2.41. The van der Waals surface area contributed by atoms with Crippen LogP contribution in [0.15, 0.2) is 41.2 Å². The first-order chi connectivity index (χ1) is 9.15. The van der Waals surface area contributed by atoms with Crippen LogP contribution in [0, 0.1) is 5.82 Å². The number of alkyl halides is 1. The molecule has 0 saturated heterocycles. The maximum Gasteiger partial charge on any atom is 0.128 e. The highest BCUT2D eigenvalue weighted by atomic mass is 35.5. The van der Waals surface area contributed by atoms with E-state index in [4.69, 9.17) is 16.0 Å². The van der Waals surface area contributed by atoms with Gasteiger partial charge in [0.15, 0.2) is 0 Å². The molecule has 0 amide bonds. The molecule has 0 radical (unpaired) electrons. The molecule has 3 rings (SSSR count). The number of benzene rings is 1. The summed E-state index contributed by atoms with van der Waals surface area (Å²) >= 11 is 6.16. The second kappa shape index (κ2) is 4.70. The maximum absolute atomic E-state index is 13.4. The molecule has 0 N–H and O–H groups in total. The summed E-state index contributed by atoms with van der Waals surface area (Å²) < 4.78 is 20.4. The van der Waals surface area contributed by atoms with Crippen molar-refractivity contribution in [1.29, 1.82) is 0 Å². The fourth-order valence-electron chi connectivity index (χ4n) is 2.15. The first kappa shape index (κ1) is 12.2. The van der Waals surface area contributed by atoms with E-state index in [0.717, 1.165) is 22.4 Å². The quantitative estimate of drug-likeness (QED) is 0.675. The summed E-state index contributed by atoms with van der Waals surface area (Å²) in [5.41, 5.74) is 2.47. The van der Waals surface area contributed by atoms with Gasteiger partial charge in [-0.05, 0) is 31.2 Å². The van der Waals surface area contributed by atoms with Gasteiger partial charge in [-0.15, -0.1) is 11.6 Å². The highest BCUT2D eigenvalue weighted by molar-refractivity contribution is 6.20. The maximum atomic E-state index is 13.4. The lowest BCUT2D eigenvalue weighted by atomic mass is 10.3. The van der Waals surface area contributed by atoms with Crippen molar-refractivity contribution >= 4 is 22.6 Å². The van der Waals surface area contributed by atoms with Gasteiger partial charge in [-0.1, -0.05) is 0 Å². The van der Waals surface area contributed by atoms with Crippen molar-refractivity contribution in [3.05, 3.63) is 54.0 Å². The number of nitrogens with zero attached hydrogens (tertiary/aromatic N) is 2. The molecule has 0 aliphatic rings. The fourth-order valence-corrected chi connectivity index (χ4v) is 2.32. The Bertz CT molecular complexity index is 704. The predicted octanol–water partition coefficient (Wildman–Crippen LogP) is 4.12. The Labute approximate surface area is 114 Å².